The van der Waals surface area contributed by atoms with E-state index in [1.807, 2.05) is 12.1 Å². The number of rotatable bonds is 3. The van der Waals surface area contributed by atoms with Crippen LogP contribution in [0.3, 0.4) is 0 Å². The Hall–Kier alpha value is -2.27. The van der Waals surface area contributed by atoms with Crippen LogP contribution in [0.25, 0.3) is 10.8 Å². The van der Waals surface area contributed by atoms with Crippen molar-refractivity contribution in [2.75, 3.05) is 7.05 Å². The molecule has 0 unspecified atom stereocenters. The molecule has 0 bridgehead atoms. The van der Waals surface area contributed by atoms with Crippen molar-refractivity contribution < 1.29 is 0 Å². The van der Waals surface area contributed by atoms with Crippen LogP contribution in [0, 0.1) is 17.3 Å². The van der Waals surface area contributed by atoms with E-state index < -0.39 is 0 Å². The molecule has 0 aromatic heterocycles. The molecule has 21 heavy (non-hydrogen) atoms. The lowest BCUT2D eigenvalue weighted by molar-refractivity contribution is 0.350. The van der Waals surface area contributed by atoms with Crippen molar-refractivity contribution >= 4 is 17.0 Å². The highest BCUT2D eigenvalue weighted by atomic mass is 15.4. The Kier molecular flexibility index (Phi) is 4.65. The first-order chi connectivity index (χ1) is 9.96. The molecular weight excluding hydrogens is 256 g/mol. The maximum Gasteiger partial charge on any atom is 0.0968 e. The van der Waals surface area contributed by atoms with E-state index in [9.17, 15) is 0 Å². The number of benzene rings is 2. The Morgan fingerprint density at radius 2 is 1.81 bits per heavy atom. The van der Waals surface area contributed by atoms with Gasteiger partial charge in [0.25, 0.3) is 0 Å². The Bertz CT molecular complexity index is 691. The number of fused-ring (bicyclic) bond motifs is 1. The van der Waals surface area contributed by atoms with Gasteiger partial charge in [-0.3, -0.25) is 5.01 Å². The minimum Gasteiger partial charge on any atom is -0.295 e. The van der Waals surface area contributed by atoms with Gasteiger partial charge in [0.15, 0.2) is 0 Å². The average molecular weight is 278 g/mol. The fraction of sp³-hybridized carbons (Fsp3) is 0.316. The zero-order valence-corrected chi connectivity index (χ0v) is 13.2. The smallest absolute Gasteiger partial charge is 0.0968 e. The molecule has 0 saturated heterocycles. The predicted molar refractivity (Wildman–Crippen MR) is 91.1 cm³/mol. The third kappa shape index (κ3) is 4.65. The zero-order valence-electron chi connectivity index (χ0n) is 13.2. The molecule has 0 spiro atoms. The van der Waals surface area contributed by atoms with Gasteiger partial charge in [-0.15, -0.1) is 0 Å². The molecule has 0 aliphatic carbocycles. The largest absolute Gasteiger partial charge is 0.295 e. The van der Waals surface area contributed by atoms with Crippen molar-refractivity contribution in [2.45, 2.75) is 27.3 Å². The van der Waals surface area contributed by atoms with Crippen molar-refractivity contribution in [3.05, 3.63) is 48.0 Å². The second kappa shape index (κ2) is 6.45. The molecule has 2 nitrogen and oxygen atoms in total. The molecule has 0 aliphatic heterocycles. The summed E-state index contributed by atoms with van der Waals surface area (Å²) in [7, 11) is 1.97. The van der Waals surface area contributed by atoms with Gasteiger partial charge in [-0.2, -0.15) is 5.10 Å². The van der Waals surface area contributed by atoms with Crippen LogP contribution in [0.1, 0.15) is 26.3 Å². The Labute approximate surface area is 127 Å². The van der Waals surface area contributed by atoms with E-state index in [2.05, 4.69) is 80.2 Å². The van der Waals surface area contributed by atoms with Crippen LogP contribution in [-0.4, -0.2) is 18.3 Å². The summed E-state index contributed by atoms with van der Waals surface area (Å²) in [6, 6.07) is 14.8. The zero-order chi connectivity index (χ0) is 15.3. The fourth-order valence-electron chi connectivity index (χ4n) is 2.09. The van der Waals surface area contributed by atoms with Crippen LogP contribution in [0.4, 0.5) is 0 Å². The first-order valence-electron chi connectivity index (χ1n) is 7.19. The summed E-state index contributed by atoms with van der Waals surface area (Å²) in [6.07, 6.45) is 1.68. The summed E-state index contributed by atoms with van der Waals surface area (Å²) in [6.45, 7) is 7.05. The molecule has 2 rings (SSSR count). The van der Waals surface area contributed by atoms with E-state index in [4.69, 9.17) is 0 Å². The van der Waals surface area contributed by atoms with Gasteiger partial charge in [0, 0.05) is 12.5 Å². The summed E-state index contributed by atoms with van der Waals surface area (Å²) in [5, 5.41) is 8.82. The van der Waals surface area contributed by atoms with Crippen molar-refractivity contribution in [3.63, 3.8) is 0 Å². The van der Waals surface area contributed by atoms with Crippen molar-refractivity contribution in [2.24, 2.45) is 10.5 Å². The predicted octanol–water partition coefficient (Wildman–Crippen LogP) is 4.31. The molecule has 0 heterocycles. The van der Waals surface area contributed by atoms with Gasteiger partial charge in [0.1, 0.15) is 0 Å². The topological polar surface area (TPSA) is 15.6 Å². The highest BCUT2D eigenvalue weighted by Gasteiger charge is 2.03. The minimum atomic E-state index is 0.0141. The Balaban J connectivity index is 2.09. The van der Waals surface area contributed by atoms with Gasteiger partial charge in [-0.25, -0.2) is 0 Å². The second-order valence-electron chi connectivity index (χ2n) is 6.22. The molecule has 2 aromatic carbocycles. The summed E-state index contributed by atoms with van der Waals surface area (Å²) in [4.78, 5) is 0. The first kappa shape index (κ1) is 15.1. The van der Waals surface area contributed by atoms with Crippen LogP contribution < -0.4 is 0 Å². The number of hydrogen-bond donors (Lipinski definition) is 0. The summed E-state index contributed by atoms with van der Waals surface area (Å²) < 4.78 is 0. The van der Waals surface area contributed by atoms with Crippen LogP contribution in [0.5, 0.6) is 0 Å². The summed E-state index contributed by atoms with van der Waals surface area (Å²) in [5.41, 5.74) is 1.29. The van der Waals surface area contributed by atoms with Gasteiger partial charge in [0.05, 0.1) is 12.8 Å². The molecule has 108 valence electrons. The van der Waals surface area contributed by atoms with Gasteiger partial charge in [-0.1, -0.05) is 54.3 Å². The van der Waals surface area contributed by atoms with Crippen molar-refractivity contribution in [1.82, 2.24) is 5.01 Å². The van der Waals surface area contributed by atoms with Crippen molar-refractivity contribution in [1.29, 1.82) is 0 Å². The quantitative estimate of drug-likeness (QED) is 0.464. The highest BCUT2D eigenvalue weighted by Crippen LogP contribution is 2.19. The maximum atomic E-state index is 4.36. The van der Waals surface area contributed by atoms with E-state index in [0.29, 0.717) is 0 Å². The van der Waals surface area contributed by atoms with E-state index in [1.54, 1.807) is 6.21 Å². The minimum absolute atomic E-state index is 0.0141. The summed E-state index contributed by atoms with van der Waals surface area (Å²) >= 11 is 0. The van der Waals surface area contributed by atoms with E-state index in [1.165, 1.54) is 16.3 Å². The van der Waals surface area contributed by atoms with Gasteiger partial charge in [0.2, 0.25) is 0 Å². The van der Waals surface area contributed by atoms with Crippen molar-refractivity contribution in [3.8, 4) is 11.8 Å². The lowest BCUT2D eigenvalue weighted by atomic mass is 9.98. The SMILES string of the molecule is CN(Cc1cccc2ccccc12)/N=C/C#CC(C)(C)C. The third-order valence-corrected chi connectivity index (χ3v) is 3.05. The van der Waals surface area contributed by atoms with E-state index in [0.717, 1.165) is 6.54 Å². The van der Waals surface area contributed by atoms with Gasteiger partial charge in [-0.05, 0) is 37.1 Å². The average Bonchev–Trinajstić information content (AvgIpc) is 2.43. The molecule has 0 saturated carbocycles. The monoisotopic (exact) mass is 278 g/mol. The standard InChI is InChI=1S/C19H22N2/c1-19(2,3)13-8-14-20-21(4)15-17-11-7-10-16-9-5-6-12-18(16)17/h5-7,9-12,14H,15H2,1-4H3/b20-14+. The fourth-order valence-corrected chi connectivity index (χ4v) is 2.09. The molecule has 0 radical (unpaired) electrons. The van der Waals surface area contributed by atoms with Crippen LogP contribution in [-0.2, 0) is 6.54 Å². The normalized spacial score (nSPS) is 11.4. The van der Waals surface area contributed by atoms with Crippen LogP contribution in [0.2, 0.25) is 0 Å². The maximum absolute atomic E-state index is 4.36. The molecule has 0 N–H and O–H groups in total. The van der Waals surface area contributed by atoms with Crippen LogP contribution in [0.15, 0.2) is 47.6 Å². The molecule has 0 amide bonds. The third-order valence-electron chi connectivity index (χ3n) is 3.05. The van der Waals surface area contributed by atoms with Crippen LogP contribution >= 0.6 is 0 Å². The molecule has 2 aromatic rings. The second-order valence-corrected chi connectivity index (χ2v) is 6.22. The molecule has 0 aliphatic rings. The lowest BCUT2D eigenvalue weighted by Gasteiger charge is -2.14. The molecule has 0 fully saturated rings. The Morgan fingerprint density at radius 1 is 1.10 bits per heavy atom. The van der Waals surface area contributed by atoms with Gasteiger partial charge < -0.3 is 0 Å². The lowest BCUT2D eigenvalue weighted by Crippen LogP contribution is -2.10. The number of hydrazone groups is 1. The molecular formula is C19H22N2. The number of nitrogens with zero attached hydrogens (tertiary/aromatic N) is 2. The highest BCUT2D eigenvalue weighted by molar-refractivity contribution is 5.85. The van der Waals surface area contributed by atoms with E-state index in [-0.39, 0.29) is 5.41 Å². The summed E-state index contributed by atoms with van der Waals surface area (Å²) in [5.74, 6) is 6.14. The Morgan fingerprint density at radius 3 is 2.57 bits per heavy atom. The van der Waals surface area contributed by atoms with E-state index >= 15 is 0 Å². The molecule has 2 heteroatoms. The first-order valence-corrected chi connectivity index (χ1v) is 7.19. The molecule has 0 atom stereocenters. The number of hydrogen-bond acceptors (Lipinski definition) is 2. The van der Waals surface area contributed by atoms with Gasteiger partial charge >= 0.3 is 0 Å².